The third-order valence-electron chi connectivity index (χ3n) is 4.32. The molecule has 22 heavy (non-hydrogen) atoms. The van der Waals surface area contributed by atoms with Gasteiger partial charge in [-0.2, -0.15) is 11.8 Å². The van der Waals surface area contributed by atoms with Gasteiger partial charge in [0.25, 0.3) is 0 Å². The maximum absolute atomic E-state index is 10.3. The molecule has 0 bridgehead atoms. The SMILES string of the molecule is Cc1c(C(O)C(C)C)oc2ccc(OC3CCSCC3)cc12. The lowest BCUT2D eigenvalue weighted by Gasteiger charge is -2.22. The normalized spacial score (nSPS) is 18.0. The van der Waals surface area contributed by atoms with Crippen molar-refractivity contribution in [2.75, 3.05) is 11.5 Å². The summed E-state index contributed by atoms with van der Waals surface area (Å²) in [7, 11) is 0. The van der Waals surface area contributed by atoms with Gasteiger partial charge in [0.05, 0.1) is 0 Å². The lowest BCUT2D eigenvalue weighted by Crippen LogP contribution is -2.21. The molecule has 2 aromatic rings. The van der Waals surface area contributed by atoms with Crippen molar-refractivity contribution in [2.45, 2.75) is 45.8 Å². The van der Waals surface area contributed by atoms with Gasteiger partial charge < -0.3 is 14.3 Å². The molecule has 1 aliphatic rings. The molecule has 120 valence electrons. The average Bonchev–Trinajstić information content (AvgIpc) is 2.84. The molecule has 1 atom stereocenters. The van der Waals surface area contributed by atoms with Crippen LogP contribution in [0.2, 0.25) is 0 Å². The molecule has 1 fully saturated rings. The van der Waals surface area contributed by atoms with Crippen LogP contribution in [-0.4, -0.2) is 22.7 Å². The Morgan fingerprint density at radius 1 is 1.27 bits per heavy atom. The fraction of sp³-hybridized carbons (Fsp3) is 0.556. The second-order valence-electron chi connectivity index (χ2n) is 6.37. The van der Waals surface area contributed by atoms with Crippen molar-refractivity contribution in [3.05, 3.63) is 29.5 Å². The fourth-order valence-corrected chi connectivity index (χ4v) is 3.93. The number of rotatable bonds is 4. The van der Waals surface area contributed by atoms with E-state index in [4.69, 9.17) is 9.15 Å². The Labute approximate surface area is 136 Å². The van der Waals surface area contributed by atoms with Crippen molar-refractivity contribution >= 4 is 22.7 Å². The van der Waals surface area contributed by atoms with E-state index in [0.717, 1.165) is 35.1 Å². The number of aliphatic hydroxyl groups excluding tert-OH is 1. The van der Waals surface area contributed by atoms with Crippen LogP contribution in [0, 0.1) is 12.8 Å². The van der Waals surface area contributed by atoms with Crippen LogP contribution >= 0.6 is 11.8 Å². The van der Waals surface area contributed by atoms with Gasteiger partial charge in [-0.15, -0.1) is 0 Å². The lowest BCUT2D eigenvalue weighted by atomic mass is 10.0. The molecule has 0 aliphatic carbocycles. The van der Waals surface area contributed by atoms with Crippen LogP contribution in [-0.2, 0) is 0 Å². The van der Waals surface area contributed by atoms with Crippen LogP contribution in [0.25, 0.3) is 11.0 Å². The molecular formula is C18H24O3S. The third kappa shape index (κ3) is 3.13. The Balaban J connectivity index is 1.87. The number of aliphatic hydroxyl groups is 1. The zero-order chi connectivity index (χ0) is 15.7. The first-order valence-electron chi connectivity index (χ1n) is 8.01. The van der Waals surface area contributed by atoms with Crippen LogP contribution < -0.4 is 4.74 Å². The Morgan fingerprint density at radius 2 is 2.00 bits per heavy atom. The molecule has 0 spiro atoms. The summed E-state index contributed by atoms with van der Waals surface area (Å²) < 4.78 is 12.0. The molecule has 1 aromatic heterocycles. The number of thioether (sulfide) groups is 1. The van der Waals surface area contributed by atoms with Gasteiger partial charge >= 0.3 is 0 Å². The van der Waals surface area contributed by atoms with Gasteiger partial charge in [-0.3, -0.25) is 0 Å². The Hall–Kier alpha value is -1.13. The van der Waals surface area contributed by atoms with E-state index in [1.165, 1.54) is 11.5 Å². The van der Waals surface area contributed by atoms with Crippen molar-refractivity contribution in [3.8, 4) is 5.75 Å². The van der Waals surface area contributed by atoms with E-state index in [2.05, 4.69) is 0 Å². The van der Waals surface area contributed by atoms with E-state index < -0.39 is 6.10 Å². The largest absolute Gasteiger partial charge is 0.490 e. The number of ether oxygens (including phenoxy) is 1. The van der Waals surface area contributed by atoms with E-state index >= 15 is 0 Å². The quantitative estimate of drug-likeness (QED) is 0.886. The first-order valence-corrected chi connectivity index (χ1v) is 9.17. The first kappa shape index (κ1) is 15.8. The van der Waals surface area contributed by atoms with E-state index in [9.17, 15) is 5.11 Å². The Morgan fingerprint density at radius 3 is 2.68 bits per heavy atom. The summed E-state index contributed by atoms with van der Waals surface area (Å²) in [5.41, 5.74) is 1.83. The van der Waals surface area contributed by atoms with E-state index in [-0.39, 0.29) is 5.92 Å². The van der Waals surface area contributed by atoms with Crippen LogP contribution in [0.3, 0.4) is 0 Å². The van der Waals surface area contributed by atoms with Crippen LogP contribution in [0.15, 0.2) is 22.6 Å². The topological polar surface area (TPSA) is 42.6 Å². The summed E-state index contributed by atoms with van der Waals surface area (Å²) in [4.78, 5) is 0. The minimum atomic E-state index is -0.563. The number of hydrogen-bond acceptors (Lipinski definition) is 4. The second kappa shape index (κ2) is 6.55. The van der Waals surface area contributed by atoms with Crippen LogP contribution in [0.1, 0.15) is 44.1 Å². The fourth-order valence-electron chi connectivity index (χ4n) is 2.86. The van der Waals surface area contributed by atoms with Gasteiger partial charge in [-0.25, -0.2) is 0 Å². The summed E-state index contributed by atoms with van der Waals surface area (Å²) in [6.07, 6.45) is 1.99. The van der Waals surface area contributed by atoms with Gasteiger partial charge in [-0.05, 0) is 55.4 Å². The predicted molar refractivity (Wildman–Crippen MR) is 91.7 cm³/mol. The average molecular weight is 320 g/mol. The van der Waals surface area contributed by atoms with Crippen molar-refractivity contribution in [1.82, 2.24) is 0 Å². The molecule has 3 nitrogen and oxygen atoms in total. The van der Waals surface area contributed by atoms with Crippen molar-refractivity contribution in [2.24, 2.45) is 5.92 Å². The molecular weight excluding hydrogens is 296 g/mol. The number of aryl methyl sites for hydroxylation is 1. The summed E-state index contributed by atoms with van der Waals surface area (Å²) in [5.74, 6) is 4.08. The molecule has 0 radical (unpaired) electrons. The van der Waals surface area contributed by atoms with Crippen LogP contribution in [0.5, 0.6) is 5.75 Å². The predicted octanol–water partition coefficient (Wildman–Crippen LogP) is 4.71. The third-order valence-corrected chi connectivity index (χ3v) is 5.36. The highest BCUT2D eigenvalue weighted by atomic mass is 32.2. The zero-order valence-electron chi connectivity index (χ0n) is 13.5. The highest BCUT2D eigenvalue weighted by Gasteiger charge is 2.22. The van der Waals surface area contributed by atoms with Crippen LogP contribution in [0.4, 0.5) is 0 Å². The molecule has 1 aromatic carbocycles. The molecule has 1 N–H and O–H groups in total. The van der Waals surface area contributed by atoms with Crippen molar-refractivity contribution in [1.29, 1.82) is 0 Å². The molecule has 2 heterocycles. The Kier molecular flexibility index (Phi) is 4.69. The summed E-state index contributed by atoms with van der Waals surface area (Å²) in [6, 6.07) is 5.97. The molecule has 0 amide bonds. The maximum atomic E-state index is 10.3. The van der Waals surface area contributed by atoms with Gasteiger partial charge in [0, 0.05) is 10.9 Å². The minimum Gasteiger partial charge on any atom is -0.490 e. The van der Waals surface area contributed by atoms with Gasteiger partial charge in [-0.1, -0.05) is 13.8 Å². The van der Waals surface area contributed by atoms with Crippen molar-refractivity contribution in [3.63, 3.8) is 0 Å². The minimum absolute atomic E-state index is 0.134. The molecule has 1 saturated heterocycles. The highest BCUT2D eigenvalue weighted by molar-refractivity contribution is 7.99. The maximum Gasteiger partial charge on any atom is 0.136 e. The van der Waals surface area contributed by atoms with Gasteiger partial charge in [0.15, 0.2) is 0 Å². The second-order valence-corrected chi connectivity index (χ2v) is 7.59. The number of benzene rings is 1. The zero-order valence-corrected chi connectivity index (χ0v) is 14.3. The number of furan rings is 1. The number of hydrogen-bond donors (Lipinski definition) is 1. The van der Waals surface area contributed by atoms with Gasteiger partial charge in [0.2, 0.25) is 0 Å². The van der Waals surface area contributed by atoms with E-state index in [0.29, 0.717) is 11.9 Å². The molecule has 0 saturated carbocycles. The van der Waals surface area contributed by atoms with E-state index in [1.54, 1.807) is 0 Å². The van der Waals surface area contributed by atoms with E-state index in [1.807, 2.05) is 50.7 Å². The van der Waals surface area contributed by atoms with Gasteiger partial charge in [0.1, 0.15) is 29.3 Å². The summed E-state index contributed by atoms with van der Waals surface area (Å²) >= 11 is 2.00. The molecule has 4 heteroatoms. The smallest absolute Gasteiger partial charge is 0.136 e. The Bertz CT molecular complexity index is 641. The first-order chi connectivity index (χ1) is 10.6. The summed E-state index contributed by atoms with van der Waals surface area (Å²) in [5, 5.41) is 11.3. The molecule has 1 unspecified atom stereocenters. The standard InChI is InChI=1S/C18H24O3S/c1-11(2)17(19)18-12(3)15-10-14(4-5-16(15)21-18)20-13-6-8-22-9-7-13/h4-5,10-11,13,17,19H,6-9H2,1-3H3. The molecule has 1 aliphatic heterocycles. The van der Waals surface area contributed by atoms with Crippen molar-refractivity contribution < 1.29 is 14.3 Å². The molecule has 3 rings (SSSR count). The highest BCUT2D eigenvalue weighted by Crippen LogP contribution is 2.35. The summed E-state index contributed by atoms with van der Waals surface area (Å²) in [6.45, 7) is 5.99. The monoisotopic (exact) mass is 320 g/mol. The number of fused-ring (bicyclic) bond motifs is 1. The lowest BCUT2D eigenvalue weighted by molar-refractivity contribution is 0.104.